The zero-order valence-electron chi connectivity index (χ0n) is 14.0. The first-order valence-corrected chi connectivity index (χ1v) is 7.95. The van der Waals surface area contributed by atoms with Gasteiger partial charge in [-0.1, -0.05) is 53.7 Å². The van der Waals surface area contributed by atoms with Crippen molar-refractivity contribution in [1.82, 2.24) is 0 Å². The Bertz CT molecular complexity index is 485. The van der Waals surface area contributed by atoms with Crippen molar-refractivity contribution >= 4 is 0 Å². The number of rotatable bonds is 6. The molecule has 110 valence electrons. The lowest BCUT2D eigenvalue weighted by atomic mass is 9.71. The van der Waals surface area contributed by atoms with Crippen LogP contribution in [0.4, 0.5) is 0 Å². The maximum atomic E-state index is 9.43. The molecule has 0 amide bonds. The molecule has 0 saturated carbocycles. The minimum absolute atomic E-state index is 0.101. The van der Waals surface area contributed by atoms with Gasteiger partial charge in [-0.25, -0.2) is 0 Å². The molecular weight excluding hydrogens is 242 g/mol. The van der Waals surface area contributed by atoms with E-state index < -0.39 is 0 Å². The molecule has 0 spiro atoms. The number of nitrogens with zero attached hydrogens (tertiary/aromatic N) is 1. The van der Waals surface area contributed by atoms with Gasteiger partial charge in [-0.2, -0.15) is 5.26 Å². The first-order chi connectivity index (χ1) is 9.40. The van der Waals surface area contributed by atoms with Gasteiger partial charge in [-0.05, 0) is 53.7 Å². The Morgan fingerprint density at radius 3 is 1.80 bits per heavy atom. The molecule has 0 aliphatic carbocycles. The third-order valence-corrected chi connectivity index (χ3v) is 5.61. The highest BCUT2D eigenvalue weighted by atomic mass is 14.3. The molecule has 0 fully saturated rings. The maximum absolute atomic E-state index is 9.43. The standard InChI is InChI=1S/C19H29N/c1-7-18(5,8-2)16-12-11-15(14-20)17(13-16)19(6,9-3)10-4/h11-13H,7-10H2,1-6H3. The lowest BCUT2D eigenvalue weighted by Crippen LogP contribution is -2.24. The second kappa shape index (κ2) is 6.44. The van der Waals surface area contributed by atoms with Crippen molar-refractivity contribution in [3.8, 4) is 6.07 Å². The van der Waals surface area contributed by atoms with E-state index in [1.165, 1.54) is 11.1 Å². The molecule has 1 nitrogen and oxygen atoms in total. The summed E-state index contributed by atoms with van der Waals surface area (Å²) in [5.74, 6) is 0. The summed E-state index contributed by atoms with van der Waals surface area (Å²) in [6.07, 6.45) is 4.39. The Hall–Kier alpha value is -1.29. The molecule has 0 unspecified atom stereocenters. The van der Waals surface area contributed by atoms with Crippen LogP contribution in [0.3, 0.4) is 0 Å². The third kappa shape index (κ3) is 2.90. The van der Waals surface area contributed by atoms with Crippen LogP contribution in [0.2, 0.25) is 0 Å². The Morgan fingerprint density at radius 1 is 0.900 bits per heavy atom. The average Bonchev–Trinajstić information content (AvgIpc) is 2.52. The van der Waals surface area contributed by atoms with Crippen molar-refractivity contribution in [2.75, 3.05) is 0 Å². The molecule has 1 heteroatoms. The molecule has 0 radical (unpaired) electrons. The molecule has 1 aromatic rings. The topological polar surface area (TPSA) is 23.8 Å². The lowest BCUT2D eigenvalue weighted by Gasteiger charge is -2.33. The van der Waals surface area contributed by atoms with E-state index in [0.717, 1.165) is 31.2 Å². The van der Waals surface area contributed by atoms with E-state index in [4.69, 9.17) is 0 Å². The van der Waals surface area contributed by atoms with Crippen molar-refractivity contribution in [3.63, 3.8) is 0 Å². The molecule has 0 heterocycles. The molecule has 0 bridgehead atoms. The monoisotopic (exact) mass is 271 g/mol. The summed E-state index contributed by atoms with van der Waals surface area (Å²) in [6.45, 7) is 13.5. The summed E-state index contributed by atoms with van der Waals surface area (Å²) in [5.41, 5.74) is 3.77. The molecule has 0 aromatic heterocycles. The van der Waals surface area contributed by atoms with Gasteiger partial charge in [0.2, 0.25) is 0 Å². The van der Waals surface area contributed by atoms with Crippen molar-refractivity contribution in [1.29, 1.82) is 5.26 Å². The first kappa shape index (κ1) is 16.8. The summed E-state index contributed by atoms with van der Waals surface area (Å²) < 4.78 is 0. The molecule has 0 saturated heterocycles. The Kier molecular flexibility index (Phi) is 5.40. The normalized spacial score (nSPS) is 12.2. The molecule has 1 rings (SSSR count). The van der Waals surface area contributed by atoms with Crippen molar-refractivity contribution in [3.05, 3.63) is 34.9 Å². The van der Waals surface area contributed by atoms with Crippen molar-refractivity contribution in [2.24, 2.45) is 0 Å². The summed E-state index contributed by atoms with van der Waals surface area (Å²) in [6, 6.07) is 8.87. The molecule has 1 aromatic carbocycles. The quantitative estimate of drug-likeness (QED) is 0.649. The smallest absolute Gasteiger partial charge is 0.0994 e. The fourth-order valence-corrected chi connectivity index (χ4v) is 2.81. The second-order valence-corrected chi connectivity index (χ2v) is 6.41. The molecule has 0 N–H and O–H groups in total. The van der Waals surface area contributed by atoms with Crippen LogP contribution in [0.5, 0.6) is 0 Å². The maximum Gasteiger partial charge on any atom is 0.0994 e. The van der Waals surface area contributed by atoms with Gasteiger partial charge in [0, 0.05) is 0 Å². The minimum atomic E-state index is 0.101. The molecule has 0 aliphatic rings. The van der Waals surface area contributed by atoms with E-state index in [9.17, 15) is 5.26 Å². The molecule has 0 atom stereocenters. The summed E-state index contributed by atoms with van der Waals surface area (Å²) in [7, 11) is 0. The lowest BCUT2D eigenvalue weighted by molar-refractivity contribution is 0.423. The third-order valence-electron chi connectivity index (χ3n) is 5.61. The largest absolute Gasteiger partial charge is 0.192 e. The van der Waals surface area contributed by atoms with E-state index >= 15 is 0 Å². The van der Waals surface area contributed by atoms with Crippen LogP contribution in [0, 0.1) is 11.3 Å². The van der Waals surface area contributed by atoms with Gasteiger partial charge < -0.3 is 0 Å². The number of hydrogen-bond donors (Lipinski definition) is 0. The van der Waals surface area contributed by atoms with Crippen LogP contribution < -0.4 is 0 Å². The summed E-state index contributed by atoms with van der Waals surface area (Å²) in [4.78, 5) is 0. The summed E-state index contributed by atoms with van der Waals surface area (Å²) in [5, 5.41) is 9.43. The van der Waals surface area contributed by atoms with Crippen LogP contribution in [-0.4, -0.2) is 0 Å². The van der Waals surface area contributed by atoms with Crippen LogP contribution in [0.1, 0.15) is 83.9 Å². The molecule has 0 aliphatic heterocycles. The van der Waals surface area contributed by atoms with E-state index in [0.29, 0.717) is 0 Å². The van der Waals surface area contributed by atoms with Gasteiger partial charge in [0.15, 0.2) is 0 Å². The number of hydrogen-bond acceptors (Lipinski definition) is 1. The van der Waals surface area contributed by atoms with E-state index in [1.807, 2.05) is 6.07 Å². The van der Waals surface area contributed by atoms with Gasteiger partial charge >= 0.3 is 0 Å². The average molecular weight is 271 g/mol. The van der Waals surface area contributed by atoms with Crippen LogP contribution in [0.25, 0.3) is 0 Å². The zero-order chi connectivity index (χ0) is 15.4. The number of nitriles is 1. The van der Waals surface area contributed by atoms with Crippen molar-refractivity contribution < 1.29 is 0 Å². The molecule has 20 heavy (non-hydrogen) atoms. The Labute approximate surface area is 125 Å². The SMILES string of the molecule is CCC(C)(CC)c1ccc(C#N)c(C(C)(CC)CC)c1. The highest BCUT2D eigenvalue weighted by Gasteiger charge is 2.29. The van der Waals surface area contributed by atoms with Gasteiger partial charge in [0.05, 0.1) is 11.6 Å². The highest BCUT2D eigenvalue weighted by molar-refractivity contribution is 5.46. The Morgan fingerprint density at radius 2 is 1.40 bits per heavy atom. The minimum Gasteiger partial charge on any atom is -0.192 e. The van der Waals surface area contributed by atoms with Crippen LogP contribution in [-0.2, 0) is 10.8 Å². The van der Waals surface area contributed by atoms with E-state index in [-0.39, 0.29) is 10.8 Å². The second-order valence-electron chi connectivity index (χ2n) is 6.41. The fourth-order valence-electron chi connectivity index (χ4n) is 2.81. The van der Waals surface area contributed by atoms with Gasteiger partial charge in [-0.3, -0.25) is 0 Å². The van der Waals surface area contributed by atoms with Crippen LogP contribution in [0.15, 0.2) is 18.2 Å². The highest BCUT2D eigenvalue weighted by Crippen LogP contribution is 2.38. The van der Waals surface area contributed by atoms with Gasteiger partial charge in [0.25, 0.3) is 0 Å². The van der Waals surface area contributed by atoms with Crippen LogP contribution >= 0.6 is 0 Å². The van der Waals surface area contributed by atoms with Crippen molar-refractivity contribution in [2.45, 2.75) is 78.1 Å². The first-order valence-electron chi connectivity index (χ1n) is 7.95. The predicted octanol–water partition coefficient (Wildman–Crippen LogP) is 5.71. The van der Waals surface area contributed by atoms with E-state index in [1.54, 1.807) is 0 Å². The Balaban J connectivity index is 3.48. The van der Waals surface area contributed by atoms with E-state index in [2.05, 4.69) is 59.7 Å². The molecular formula is C19H29N. The van der Waals surface area contributed by atoms with Gasteiger partial charge in [0.1, 0.15) is 0 Å². The fraction of sp³-hybridized carbons (Fsp3) is 0.632. The van der Waals surface area contributed by atoms with Gasteiger partial charge in [-0.15, -0.1) is 0 Å². The predicted molar refractivity (Wildman–Crippen MR) is 87.0 cm³/mol. The zero-order valence-corrected chi connectivity index (χ0v) is 14.0. The summed E-state index contributed by atoms with van der Waals surface area (Å²) >= 11 is 0. The number of benzene rings is 1.